The van der Waals surface area contributed by atoms with Crippen molar-refractivity contribution in [1.29, 1.82) is 5.26 Å². The van der Waals surface area contributed by atoms with Crippen molar-refractivity contribution in [3.05, 3.63) is 35.4 Å². The molecule has 2 saturated heterocycles. The molecule has 2 aliphatic rings. The summed E-state index contributed by atoms with van der Waals surface area (Å²) in [5.41, 5.74) is 0.656. The van der Waals surface area contributed by atoms with Crippen LogP contribution in [0.25, 0.3) is 0 Å². The summed E-state index contributed by atoms with van der Waals surface area (Å²) in [6, 6.07) is 9.43. The lowest BCUT2D eigenvalue weighted by Crippen LogP contribution is -2.38. The lowest BCUT2D eigenvalue weighted by atomic mass is 9.83. The fraction of sp³-hybridized carbons (Fsp3) is 0.500. The Morgan fingerprint density at radius 2 is 2.00 bits per heavy atom. The van der Waals surface area contributed by atoms with Gasteiger partial charge >= 0.3 is 0 Å². The first-order valence-corrected chi connectivity index (χ1v) is 6.08. The second-order valence-electron chi connectivity index (χ2n) is 5.09. The van der Waals surface area contributed by atoms with E-state index in [4.69, 9.17) is 10.00 Å². The van der Waals surface area contributed by atoms with Crippen LogP contribution in [-0.2, 0) is 10.3 Å². The minimum absolute atomic E-state index is 0.185. The molecule has 0 radical (unpaired) electrons. The number of aliphatic hydroxyl groups is 1. The van der Waals surface area contributed by atoms with Crippen molar-refractivity contribution in [3.63, 3.8) is 0 Å². The molecule has 3 nitrogen and oxygen atoms in total. The van der Waals surface area contributed by atoms with Gasteiger partial charge in [-0.2, -0.15) is 5.26 Å². The van der Waals surface area contributed by atoms with Crippen LogP contribution in [0, 0.1) is 11.3 Å². The molecular formula is C14H15NO2. The van der Waals surface area contributed by atoms with E-state index < -0.39 is 5.60 Å². The van der Waals surface area contributed by atoms with Crippen molar-refractivity contribution in [2.75, 3.05) is 0 Å². The molecule has 1 aromatic carbocycles. The quantitative estimate of drug-likeness (QED) is 0.802. The van der Waals surface area contributed by atoms with E-state index in [9.17, 15) is 5.11 Å². The maximum atomic E-state index is 10.8. The highest BCUT2D eigenvalue weighted by Crippen LogP contribution is 2.43. The van der Waals surface area contributed by atoms with Gasteiger partial charge in [-0.3, -0.25) is 0 Å². The van der Waals surface area contributed by atoms with Crippen LogP contribution in [0.15, 0.2) is 24.3 Å². The summed E-state index contributed by atoms with van der Waals surface area (Å²) < 4.78 is 5.75. The van der Waals surface area contributed by atoms with Crippen molar-refractivity contribution in [1.82, 2.24) is 0 Å². The molecule has 3 rings (SSSR count). The highest BCUT2D eigenvalue weighted by molar-refractivity contribution is 5.36. The number of hydrogen-bond donors (Lipinski definition) is 1. The molecule has 1 N–H and O–H groups in total. The number of benzene rings is 1. The zero-order valence-electron chi connectivity index (χ0n) is 9.60. The molecule has 17 heavy (non-hydrogen) atoms. The van der Waals surface area contributed by atoms with Crippen LogP contribution >= 0.6 is 0 Å². The van der Waals surface area contributed by atoms with Gasteiger partial charge in [0.1, 0.15) is 0 Å². The van der Waals surface area contributed by atoms with Crippen molar-refractivity contribution < 1.29 is 9.84 Å². The van der Waals surface area contributed by atoms with Gasteiger partial charge in [-0.05, 0) is 30.5 Å². The minimum atomic E-state index is -0.809. The van der Waals surface area contributed by atoms with Crippen LogP contribution in [0.3, 0.4) is 0 Å². The van der Waals surface area contributed by atoms with E-state index in [-0.39, 0.29) is 12.2 Å². The SMILES string of the molecule is N#Cc1cccc(C2(O)CC3CCC(C2)O3)c1. The van der Waals surface area contributed by atoms with Crippen molar-refractivity contribution in [2.24, 2.45) is 0 Å². The molecular weight excluding hydrogens is 214 g/mol. The molecule has 0 amide bonds. The Kier molecular flexibility index (Phi) is 2.43. The highest BCUT2D eigenvalue weighted by Gasteiger charge is 2.44. The van der Waals surface area contributed by atoms with E-state index in [0.29, 0.717) is 18.4 Å². The van der Waals surface area contributed by atoms with Gasteiger partial charge in [0.25, 0.3) is 0 Å². The summed E-state index contributed by atoms with van der Waals surface area (Å²) >= 11 is 0. The molecule has 2 heterocycles. The van der Waals surface area contributed by atoms with Crippen LogP contribution in [0.5, 0.6) is 0 Å². The van der Waals surface area contributed by atoms with Crippen LogP contribution in [0.1, 0.15) is 36.8 Å². The largest absolute Gasteiger partial charge is 0.385 e. The Labute approximate surface area is 101 Å². The van der Waals surface area contributed by atoms with Gasteiger partial charge in [-0.15, -0.1) is 0 Å². The Bertz CT molecular complexity index is 465. The van der Waals surface area contributed by atoms with Gasteiger partial charge in [0, 0.05) is 12.8 Å². The Hall–Kier alpha value is -1.37. The first-order valence-electron chi connectivity index (χ1n) is 6.08. The second-order valence-corrected chi connectivity index (χ2v) is 5.09. The van der Waals surface area contributed by atoms with Gasteiger partial charge in [0.2, 0.25) is 0 Å². The molecule has 0 aromatic heterocycles. The fourth-order valence-corrected chi connectivity index (χ4v) is 3.03. The molecule has 1 aromatic rings. The third-order valence-electron chi connectivity index (χ3n) is 3.86. The maximum Gasteiger partial charge on any atom is 0.0991 e. The number of ether oxygens (including phenoxy) is 1. The van der Waals surface area contributed by atoms with Gasteiger partial charge in [0.15, 0.2) is 0 Å². The first-order chi connectivity index (χ1) is 8.19. The summed E-state index contributed by atoms with van der Waals surface area (Å²) in [5.74, 6) is 0. The van der Waals surface area contributed by atoms with E-state index in [1.165, 1.54) is 0 Å². The Balaban J connectivity index is 1.94. The van der Waals surface area contributed by atoms with Gasteiger partial charge in [0.05, 0.1) is 29.4 Å². The van der Waals surface area contributed by atoms with Crippen LogP contribution < -0.4 is 0 Å². The number of nitriles is 1. The average molecular weight is 229 g/mol. The molecule has 0 aliphatic carbocycles. The predicted molar refractivity (Wildman–Crippen MR) is 62.2 cm³/mol. The standard InChI is InChI=1S/C14H15NO2/c15-9-10-2-1-3-11(6-10)14(16)7-12-4-5-13(8-14)17-12/h1-3,6,12-13,16H,4-5,7-8H2. The van der Waals surface area contributed by atoms with Crippen LogP contribution in [0.2, 0.25) is 0 Å². The number of nitrogens with zero attached hydrogens (tertiary/aromatic N) is 1. The molecule has 2 aliphatic heterocycles. The summed E-state index contributed by atoms with van der Waals surface area (Å²) in [6.07, 6.45) is 3.76. The van der Waals surface area contributed by atoms with E-state index in [2.05, 4.69) is 6.07 Å². The smallest absolute Gasteiger partial charge is 0.0991 e. The molecule has 2 bridgehead atoms. The van der Waals surface area contributed by atoms with Gasteiger partial charge in [-0.1, -0.05) is 12.1 Å². The first kappa shape index (κ1) is 10.8. The van der Waals surface area contributed by atoms with Gasteiger partial charge in [-0.25, -0.2) is 0 Å². The Morgan fingerprint density at radius 1 is 1.29 bits per heavy atom. The van der Waals surface area contributed by atoms with E-state index in [1.807, 2.05) is 12.1 Å². The molecule has 2 atom stereocenters. The summed E-state index contributed by atoms with van der Waals surface area (Å²) in [5, 5.41) is 19.7. The summed E-state index contributed by atoms with van der Waals surface area (Å²) in [4.78, 5) is 0. The Morgan fingerprint density at radius 3 is 2.65 bits per heavy atom. The summed E-state index contributed by atoms with van der Waals surface area (Å²) in [7, 11) is 0. The minimum Gasteiger partial charge on any atom is -0.385 e. The number of hydrogen-bond acceptors (Lipinski definition) is 3. The van der Waals surface area contributed by atoms with Crippen LogP contribution in [-0.4, -0.2) is 17.3 Å². The number of rotatable bonds is 1. The lowest BCUT2D eigenvalue weighted by Gasteiger charge is -2.36. The highest BCUT2D eigenvalue weighted by atomic mass is 16.5. The monoisotopic (exact) mass is 229 g/mol. The van der Waals surface area contributed by atoms with E-state index >= 15 is 0 Å². The third kappa shape index (κ3) is 1.84. The summed E-state index contributed by atoms with van der Waals surface area (Å²) in [6.45, 7) is 0. The second kappa shape index (κ2) is 3.83. The normalized spacial score (nSPS) is 35.5. The molecule has 2 unspecified atom stereocenters. The molecule has 0 saturated carbocycles. The average Bonchev–Trinajstić information content (AvgIpc) is 2.69. The van der Waals surface area contributed by atoms with E-state index in [1.54, 1.807) is 12.1 Å². The van der Waals surface area contributed by atoms with Crippen molar-refractivity contribution in [2.45, 2.75) is 43.5 Å². The zero-order valence-corrected chi connectivity index (χ0v) is 9.60. The van der Waals surface area contributed by atoms with Crippen molar-refractivity contribution >= 4 is 0 Å². The lowest BCUT2D eigenvalue weighted by molar-refractivity contribution is -0.115. The topological polar surface area (TPSA) is 53.2 Å². The zero-order chi connectivity index (χ0) is 11.9. The third-order valence-corrected chi connectivity index (χ3v) is 3.86. The predicted octanol–water partition coefficient (Wildman–Crippen LogP) is 2.09. The molecule has 0 spiro atoms. The molecule has 3 heteroatoms. The molecule has 88 valence electrons. The van der Waals surface area contributed by atoms with Crippen LogP contribution in [0.4, 0.5) is 0 Å². The van der Waals surface area contributed by atoms with E-state index in [0.717, 1.165) is 18.4 Å². The van der Waals surface area contributed by atoms with Crippen molar-refractivity contribution in [3.8, 4) is 6.07 Å². The fourth-order valence-electron chi connectivity index (χ4n) is 3.03. The maximum absolute atomic E-state index is 10.8. The molecule has 2 fully saturated rings. The van der Waals surface area contributed by atoms with Gasteiger partial charge < -0.3 is 9.84 Å². The number of fused-ring (bicyclic) bond motifs is 2.